The molecule has 0 radical (unpaired) electrons. The van der Waals surface area contributed by atoms with Crippen LogP contribution in [0.1, 0.15) is 52.4 Å². The molecule has 1 aromatic heterocycles. The minimum Gasteiger partial charge on any atom is -0.330 e. The van der Waals surface area contributed by atoms with Crippen LogP contribution in [0, 0.1) is 0 Å². The van der Waals surface area contributed by atoms with Gasteiger partial charge in [0, 0.05) is 29.6 Å². The molecule has 1 atom stereocenters. The third-order valence-corrected chi connectivity index (χ3v) is 8.07. The van der Waals surface area contributed by atoms with Gasteiger partial charge in [0.25, 0.3) is 10.0 Å². The molecule has 0 amide bonds. The molecule has 30 heavy (non-hydrogen) atoms. The molecule has 8 nitrogen and oxygen atoms in total. The number of pyridine rings is 1. The van der Waals surface area contributed by atoms with Crippen molar-refractivity contribution in [1.29, 1.82) is 0 Å². The molecule has 0 fully saturated rings. The highest BCUT2D eigenvalue weighted by Gasteiger charge is 2.30. The molecule has 0 aliphatic rings. The van der Waals surface area contributed by atoms with Crippen molar-refractivity contribution in [2.24, 2.45) is 10.9 Å². The molecule has 0 aliphatic carbocycles. The zero-order valence-corrected chi connectivity index (χ0v) is 19.3. The topological polar surface area (TPSA) is 136 Å². The molecule has 0 spiro atoms. The Kier molecular flexibility index (Phi) is 8.74. The molecule has 4 N–H and O–H groups in total. The van der Waals surface area contributed by atoms with Crippen LogP contribution in [0.3, 0.4) is 0 Å². The largest absolute Gasteiger partial charge is 0.330 e. The highest BCUT2D eigenvalue weighted by molar-refractivity contribution is 7.89. The predicted octanol–water partition coefficient (Wildman–Crippen LogP) is 2.58. The summed E-state index contributed by atoms with van der Waals surface area (Å²) in [6.45, 7) is 4.88. The smallest absolute Gasteiger partial charge is 0.256 e. The second kappa shape index (κ2) is 10.6. The second-order valence-electron chi connectivity index (χ2n) is 7.47. The molecule has 2 rings (SSSR count). The standard InChI is InChI=1S/C20H32N4O4S2/c1-3-4-5-6-15-24(16(2)9-8-13-21)30(27,28)19-11-7-10-18-17(19)12-14-23-20(18)29(22,25)26/h7,10-12,14,16H,3-6,8-9,13,15,21H2,1-2H3,(H2,22,25,26). The minimum absolute atomic E-state index is 0.0578. The number of sulfonamides is 2. The van der Waals surface area contributed by atoms with Crippen molar-refractivity contribution in [2.75, 3.05) is 13.1 Å². The van der Waals surface area contributed by atoms with Crippen molar-refractivity contribution in [3.8, 4) is 0 Å². The summed E-state index contributed by atoms with van der Waals surface area (Å²) in [7, 11) is -7.97. The van der Waals surface area contributed by atoms with Crippen LogP contribution < -0.4 is 10.9 Å². The van der Waals surface area contributed by atoms with Gasteiger partial charge in [-0.15, -0.1) is 0 Å². The zero-order valence-electron chi connectivity index (χ0n) is 17.6. The number of primary sulfonamides is 1. The van der Waals surface area contributed by atoms with Crippen LogP contribution >= 0.6 is 0 Å². The van der Waals surface area contributed by atoms with Crippen LogP contribution in [0.15, 0.2) is 40.4 Å². The number of fused-ring (bicyclic) bond motifs is 1. The molecule has 1 unspecified atom stereocenters. The van der Waals surface area contributed by atoms with E-state index in [2.05, 4.69) is 11.9 Å². The van der Waals surface area contributed by atoms with Gasteiger partial charge in [0.2, 0.25) is 10.0 Å². The van der Waals surface area contributed by atoms with Gasteiger partial charge in [-0.25, -0.2) is 27.0 Å². The lowest BCUT2D eigenvalue weighted by molar-refractivity contribution is 0.311. The maximum absolute atomic E-state index is 13.7. The Hall–Kier alpha value is -1.59. The Labute approximate surface area is 179 Å². The Morgan fingerprint density at radius 2 is 1.77 bits per heavy atom. The first-order chi connectivity index (χ1) is 14.1. The first kappa shape index (κ1) is 24.7. The number of rotatable bonds is 12. The third-order valence-electron chi connectivity index (χ3n) is 5.14. The molecule has 0 saturated heterocycles. The summed E-state index contributed by atoms with van der Waals surface area (Å²) in [4.78, 5) is 3.91. The highest BCUT2D eigenvalue weighted by atomic mass is 32.2. The van der Waals surface area contributed by atoms with E-state index in [1.807, 2.05) is 6.92 Å². The highest BCUT2D eigenvalue weighted by Crippen LogP contribution is 2.30. The molecular weight excluding hydrogens is 424 g/mol. The number of nitrogens with two attached hydrogens (primary N) is 2. The van der Waals surface area contributed by atoms with E-state index < -0.39 is 20.0 Å². The van der Waals surface area contributed by atoms with Crippen molar-refractivity contribution in [1.82, 2.24) is 9.29 Å². The van der Waals surface area contributed by atoms with Crippen molar-refractivity contribution < 1.29 is 16.8 Å². The maximum atomic E-state index is 13.7. The normalized spacial score (nSPS) is 13.8. The molecule has 0 aliphatic heterocycles. The summed E-state index contributed by atoms with van der Waals surface area (Å²) >= 11 is 0. The molecule has 1 heterocycles. The Bertz CT molecular complexity index is 1060. The van der Waals surface area contributed by atoms with E-state index in [1.165, 1.54) is 34.8 Å². The molecule has 0 saturated carbocycles. The van der Waals surface area contributed by atoms with Crippen molar-refractivity contribution in [2.45, 2.75) is 68.3 Å². The second-order valence-corrected chi connectivity index (χ2v) is 10.8. The van der Waals surface area contributed by atoms with Gasteiger partial charge in [0.15, 0.2) is 5.03 Å². The fourth-order valence-corrected chi connectivity index (χ4v) is 6.16. The van der Waals surface area contributed by atoms with Crippen LogP contribution in [0.4, 0.5) is 0 Å². The molecule has 1 aromatic carbocycles. The van der Waals surface area contributed by atoms with E-state index >= 15 is 0 Å². The number of benzene rings is 1. The number of hydrogen-bond donors (Lipinski definition) is 2. The van der Waals surface area contributed by atoms with Crippen LogP contribution in [-0.2, 0) is 20.0 Å². The van der Waals surface area contributed by atoms with E-state index in [0.29, 0.717) is 24.9 Å². The SMILES string of the molecule is CCCCCCN(C(C)CCCN)S(=O)(=O)c1cccc2c(S(N)(=O)=O)nccc12. The predicted molar refractivity (Wildman–Crippen MR) is 119 cm³/mol. The summed E-state index contributed by atoms with van der Waals surface area (Å²) in [5.74, 6) is 0. The first-order valence-electron chi connectivity index (χ1n) is 10.3. The van der Waals surface area contributed by atoms with E-state index in [0.717, 1.165) is 32.1 Å². The van der Waals surface area contributed by atoms with E-state index in [9.17, 15) is 16.8 Å². The van der Waals surface area contributed by atoms with Crippen molar-refractivity contribution >= 4 is 30.8 Å². The van der Waals surface area contributed by atoms with Crippen LogP contribution in [0.5, 0.6) is 0 Å². The Morgan fingerprint density at radius 1 is 1.03 bits per heavy atom. The first-order valence-corrected chi connectivity index (χ1v) is 13.3. The average Bonchev–Trinajstić information content (AvgIpc) is 2.70. The molecule has 0 bridgehead atoms. The van der Waals surface area contributed by atoms with E-state index in [1.54, 1.807) is 0 Å². The zero-order chi connectivity index (χ0) is 22.4. The fourth-order valence-electron chi connectivity index (χ4n) is 3.56. The van der Waals surface area contributed by atoms with E-state index in [4.69, 9.17) is 10.9 Å². The summed E-state index contributed by atoms with van der Waals surface area (Å²) in [5, 5.41) is 5.43. The summed E-state index contributed by atoms with van der Waals surface area (Å²) in [5.41, 5.74) is 5.62. The van der Waals surface area contributed by atoms with Crippen molar-refractivity contribution in [3.63, 3.8) is 0 Å². The average molecular weight is 457 g/mol. The van der Waals surface area contributed by atoms with E-state index in [-0.39, 0.29) is 21.3 Å². The van der Waals surface area contributed by atoms with Gasteiger partial charge in [0.1, 0.15) is 0 Å². The van der Waals surface area contributed by atoms with Gasteiger partial charge in [-0.05, 0) is 44.9 Å². The summed E-state index contributed by atoms with van der Waals surface area (Å²) in [6.07, 6.45) is 6.45. The lowest BCUT2D eigenvalue weighted by atomic mass is 10.1. The quantitative estimate of drug-likeness (QED) is 0.471. The summed E-state index contributed by atoms with van der Waals surface area (Å²) in [6, 6.07) is 5.82. The van der Waals surface area contributed by atoms with Gasteiger partial charge in [-0.3, -0.25) is 0 Å². The van der Waals surface area contributed by atoms with Crippen LogP contribution in [0.2, 0.25) is 0 Å². The molecule has 168 valence electrons. The third kappa shape index (κ3) is 5.76. The van der Waals surface area contributed by atoms with Crippen molar-refractivity contribution in [3.05, 3.63) is 30.5 Å². The number of nitrogens with zero attached hydrogens (tertiary/aromatic N) is 2. The van der Waals surface area contributed by atoms with Gasteiger partial charge < -0.3 is 5.73 Å². The molecule has 10 heteroatoms. The number of hydrogen-bond acceptors (Lipinski definition) is 6. The van der Waals surface area contributed by atoms with Gasteiger partial charge in [-0.2, -0.15) is 4.31 Å². The lowest BCUT2D eigenvalue weighted by Gasteiger charge is -2.29. The lowest BCUT2D eigenvalue weighted by Crippen LogP contribution is -2.39. The van der Waals surface area contributed by atoms with Crippen LogP contribution in [0.25, 0.3) is 10.8 Å². The minimum atomic E-state index is -4.09. The summed E-state index contributed by atoms with van der Waals surface area (Å²) < 4.78 is 52.7. The van der Waals surface area contributed by atoms with Gasteiger partial charge in [0.05, 0.1) is 4.90 Å². The monoisotopic (exact) mass is 456 g/mol. The Balaban J connectivity index is 2.55. The Morgan fingerprint density at radius 3 is 2.40 bits per heavy atom. The number of aromatic nitrogens is 1. The van der Waals surface area contributed by atoms with Gasteiger partial charge in [-0.1, -0.05) is 38.3 Å². The molecular formula is C20H32N4O4S2. The van der Waals surface area contributed by atoms with Gasteiger partial charge >= 0.3 is 0 Å². The number of unbranched alkanes of at least 4 members (excludes halogenated alkanes) is 3. The molecule has 2 aromatic rings. The van der Waals surface area contributed by atoms with Crippen LogP contribution in [-0.4, -0.2) is 45.3 Å². The maximum Gasteiger partial charge on any atom is 0.256 e. The fraction of sp³-hybridized carbons (Fsp3) is 0.550.